The Balaban J connectivity index is 2.01. The van der Waals surface area contributed by atoms with E-state index in [1.165, 1.54) is 11.1 Å². The summed E-state index contributed by atoms with van der Waals surface area (Å²) in [5.41, 5.74) is 3.09. The minimum Gasteiger partial charge on any atom is -0.461 e. The molecule has 0 saturated carbocycles. The fourth-order valence-electron chi connectivity index (χ4n) is 2.18. The summed E-state index contributed by atoms with van der Waals surface area (Å²) in [5.74, 6) is -0.101. The van der Waals surface area contributed by atoms with Gasteiger partial charge in [0.25, 0.3) is 0 Å². The Kier molecular flexibility index (Phi) is 3.98. The van der Waals surface area contributed by atoms with Gasteiger partial charge in [-0.1, -0.05) is 54.2 Å². The third-order valence-electron chi connectivity index (χ3n) is 3.22. The van der Waals surface area contributed by atoms with Crippen molar-refractivity contribution in [3.05, 3.63) is 59.8 Å². The number of ether oxygens (including phenoxy) is 1. The van der Waals surface area contributed by atoms with E-state index < -0.39 is 0 Å². The van der Waals surface area contributed by atoms with Gasteiger partial charge in [0.1, 0.15) is 6.61 Å². The van der Waals surface area contributed by atoms with Crippen LogP contribution in [-0.2, 0) is 9.53 Å². The van der Waals surface area contributed by atoms with Crippen molar-refractivity contribution in [2.24, 2.45) is 5.92 Å². The Bertz CT molecular complexity index is 445. The van der Waals surface area contributed by atoms with Gasteiger partial charge in [0, 0.05) is 11.5 Å². The normalized spacial score (nSPS) is 17.0. The molecule has 2 rings (SSSR count). The van der Waals surface area contributed by atoms with Gasteiger partial charge in [0.2, 0.25) is 0 Å². The Labute approximate surface area is 108 Å². The molecule has 0 spiro atoms. The molecule has 0 aromatic carbocycles. The van der Waals surface area contributed by atoms with Gasteiger partial charge in [-0.05, 0) is 19.8 Å². The third-order valence-corrected chi connectivity index (χ3v) is 3.22. The van der Waals surface area contributed by atoms with Crippen LogP contribution in [0.5, 0.6) is 0 Å². The molecule has 0 aromatic rings. The van der Waals surface area contributed by atoms with Crippen LogP contribution in [0.2, 0.25) is 0 Å². The van der Waals surface area contributed by atoms with E-state index in [1.807, 2.05) is 0 Å². The van der Waals surface area contributed by atoms with Crippen molar-refractivity contribution in [3.63, 3.8) is 0 Å². The predicted molar refractivity (Wildman–Crippen MR) is 72.9 cm³/mol. The van der Waals surface area contributed by atoms with Crippen LogP contribution in [0.15, 0.2) is 59.8 Å². The van der Waals surface area contributed by atoms with Crippen LogP contribution in [0.25, 0.3) is 0 Å². The first-order valence-electron chi connectivity index (χ1n) is 6.22. The molecule has 0 unspecified atom stereocenters. The predicted octanol–water partition coefficient (Wildman–Crippen LogP) is 3.49. The van der Waals surface area contributed by atoms with Gasteiger partial charge in [-0.2, -0.15) is 0 Å². The lowest BCUT2D eigenvalue weighted by molar-refractivity contribution is -0.139. The van der Waals surface area contributed by atoms with Crippen molar-refractivity contribution in [2.75, 3.05) is 6.61 Å². The topological polar surface area (TPSA) is 26.3 Å². The second-order valence-electron chi connectivity index (χ2n) is 4.68. The molecule has 0 fully saturated rings. The molecule has 0 aliphatic heterocycles. The molecule has 2 nitrogen and oxygen atoms in total. The van der Waals surface area contributed by atoms with Crippen molar-refractivity contribution in [3.8, 4) is 0 Å². The smallest absolute Gasteiger partial charge is 0.333 e. The van der Waals surface area contributed by atoms with Gasteiger partial charge in [-0.15, -0.1) is 0 Å². The van der Waals surface area contributed by atoms with Crippen molar-refractivity contribution in [1.82, 2.24) is 0 Å². The lowest BCUT2D eigenvalue weighted by atomic mass is 9.90. The third kappa shape index (κ3) is 2.89. The van der Waals surface area contributed by atoms with E-state index in [0.29, 0.717) is 12.2 Å². The van der Waals surface area contributed by atoms with Gasteiger partial charge in [-0.3, -0.25) is 0 Å². The molecular weight excluding hydrogens is 224 g/mol. The van der Waals surface area contributed by atoms with E-state index in [4.69, 9.17) is 4.74 Å². The molecule has 2 aliphatic rings. The SMILES string of the molecule is C=C(C)C(=O)OCC(C1=CC=CC1)C1=CC=CC1. The van der Waals surface area contributed by atoms with E-state index in [1.54, 1.807) is 6.92 Å². The molecule has 94 valence electrons. The number of carbonyl (C=O) groups excluding carboxylic acids is 1. The van der Waals surface area contributed by atoms with Crippen LogP contribution in [0.1, 0.15) is 19.8 Å². The lowest BCUT2D eigenvalue weighted by Gasteiger charge is -2.20. The zero-order valence-corrected chi connectivity index (χ0v) is 10.7. The number of hydrogen-bond acceptors (Lipinski definition) is 2. The maximum absolute atomic E-state index is 11.5. The van der Waals surface area contributed by atoms with Crippen molar-refractivity contribution >= 4 is 5.97 Å². The fraction of sp³-hybridized carbons (Fsp3) is 0.312. The monoisotopic (exact) mass is 242 g/mol. The van der Waals surface area contributed by atoms with E-state index in [2.05, 4.69) is 43.0 Å². The Morgan fingerprint density at radius 3 is 2.22 bits per heavy atom. The highest BCUT2D eigenvalue weighted by atomic mass is 16.5. The number of hydrogen-bond donors (Lipinski definition) is 0. The van der Waals surface area contributed by atoms with E-state index in [0.717, 1.165) is 12.8 Å². The van der Waals surface area contributed by atoms with Crippen molar-refractivity contribution in [1.29, 1.82) is 0 Å². The molecule has 0 radical (unpaired) electrons. The van der Waals surface area contributed by atoms with Crippen LogP contribution < -0.4 is 0 Å². The molecule has 0 saturated heterocycles. The summed E-state index contributed by atoms with van der Waals surface area (Å²) in [6.07, 6.45) is 14.5. The van der Waals surface area contributed by atoms with E-state index >= 15 is 0 Å². The van der Waals surface area contributed by atoms with Gasteiger partial charge in [0.05, 0.1) is 0 Å². The first-order chi connectivity index (χ1) is 8.68. The first-order valence-corrected chi connectivity index (χ1v) is 6.22. The van der Waals surface area contributed by atoms with Gasteiger partial charge < -0.3 is 4.74 Å². The van der Waals surface area contributed by atoms with Crippen LogP contribution in [0, 0.1) is 5.92 Å². The summed E-state index contributed by atoms with van der Waals surface area (Å²) in [6.45, 7) is 5.68. The van der Waals surface area contributed by atoms with Crippen LogP contribution in [-0.4, -0.2) is 12.6 Å². The highest BCUT2D eigenvalue weighted by Crippen LogP contribution is 2.31. The van der Waals surface area contributed by atoms with Gasteiger partial charge in [-0.25, -0.2) is 4.79 Å². The molecule has 0 atom stereocenters. The minimum absolute atomic E-state index is 0.207. The average molecular weight is 242 g/mol. The molecule has 0 heterocycles. The average Bonchev–Trinajstić information content (AvgIpc) is 3.01. The summed E-state index contributed by atoms with van der Waals surface area (Å²) in [6, 6.07) is 0. The Morgan fingerprint density at radius 2 is 1.83 bits per heavy atom. The van der Waals surface area contributed by atoms with E-state index in [9.17, 15) is 4.79 Å². The zero-order valence-electron chi connectivity index (χ0n) is 10.7. The summed E-state index contributed by atoms with van der Waals surface area (Å²) in [4.78, 5) is 11.5. The Hall–Kier alpha value is -1.83. The van der Waals surface area contributed by atoms with Gasteiger partial charge >= 0.3 is 5.97 Å². The molecule has 0 bridgehead atoms. The quantitative estimate of drug-likeness (QED) is 0.545. The molecule has 18 heavy (non-hydrogen) atoms. The maximum Gasteiger partial charge on any atom is 0.333 e. The van der Waals surface area contributed by atoms with Gasteiger partial charge in [0.15, 0.2) is 0 Å². The number of carbonyl (C=O) groups is 1. The number of rotatable bonds is 5. The van der Waals surface area contributed by atoms with Crippen LogP contribution in [0.4, 0.5) is 0 Å². The summed E-state index contributed by atoms with van der Waals surface area (Å²) in [7, 11) is 0. The summed E-state index contributed by atoms with van der Waals surface area (Å²) in [5, 5.41) is 0. The van der Waals surface area contributed by atoms with E-state index in [-0.39, 0.29) is 11.9 Å². The largest absolute Gasteiger partial charge is 0.461 e. The second kappa shape index (κ2) is 5.67. The molecular formula is C16H18O2. The number of esters is 1. The second-order valence-corrected chi connectivity index (χ2v) is 4.68. The lowest BCUT2D eigenvalue weighted by Crippen LogP contribution is -2.17. The summed E-state index contributed by atoms with van der Waals surface area (Å²) < 4.78 is 5.31. The molecule has 2 heteroatoms. The fourth-order valence-corrected chi connectivity index (χ4v) is 2.18. The van der Waals surface area contributed by atoms with Crippen molar-refractivity contribution < 1.29 is 9.53 Å². The molecule has 0 amide bonds. The van der Waals surface area contributed by atoms with Crippen LogP contribution in [0.3, 0.4) is 0 Å². The molecule has 0 N–H and O–H groups in total. The number of allylic oxidation sites excluding steroid dienone is 6. The standard InChI is InChI=1S/C16H18O2/c1-12(2)16(17)18-11-15(13-7-3-4-8-13)14-9-5-6-10-14/h3-7,9,15H,1,8,10-11H2,2H3. The first kappa shape index (κ1) is 12.6. The minimum atomic E-state index is -0.307. The highest BCUT2D eigenvalue weighted by molar-refractivity contribution is 5.86. The Morgan fingerprint density at radius 1 is 1.28 bits per heavy atom. The summed E-state index contributed by atoms with van der Waals surface area (Å²) >= 11 is 0. The van der Waals surface area contributed by atoms with Crippen LogP contribution >= 0.6 is 0 Å². The zero-order chi connectivity index (χ0) is 13.0. The van der Waals surface area contributed by atoms with Crippen molar-refractivity contribution in [2.45, 2.75) is 19.8 Å². The molecule has 2 aliphatic carbocycles. The molecule has 0 aromatic heterocycles. The maximum atomic E-state index is 11.5. The highest BCUT2D eigenvalue weighted by Gasteiger charge is 2.22.